The molecule has 0 aliphatic carbocycles. The van der Waals surface area contributed by atoms with E-state index in [1.54, 1.807) is 13.1 Å². The van der Waals surface area contributed by atoms with E-state index < -0.39 is 11.9 Å². The Morgan fingerprint density at radius 3 is 2.72 bits per heavy atom. The van der Waals surface area contributed by atoms with E-state index in [1.807, 2.05) is 36.9 Å². The molecule has 0 fully saturated rings. The standard InChI is InChI=1S/C31H37N5O3/c1-7-36-26-11-10-25(20(3)29(26)33-34-36)28(21(4)30(37)38)22-9-8-19(2)23(14-22)16-35-17-24-15-32-13-12-27(24)39-31(5,6)18-35/h8-15,21,28H,7,16-18H2,1-6H3,(H,37,38)/t21-,28+/m1/s1. The number of carbonyl (C=O) groups is 1. The number of rotatable bonds is 7. The summed E-state index contributed by atoms with van der Waals surface area (Å²) in [6, 6.07) is 12.4. The summed E-state index contributed by atoms with van der Waals surface area (Å²) < 4.78 is 8.19. The summed E-state index contributed by atoms with van der Waals surface area (Å²) in [5, 5.41) is 18.8. The van der Waals surface area contributed by atoms with E-state index in [2.05, 4.69) is 65.2 Å². The second kappa shape index (κ2) is 10.4. The summed E-state index contributed by atoms with van der Waals surface area (Å²) in [5.41, 5.74) is 7.78. The van der Waals surface area contributed by atoms with Crippen LogP contribution in [0.3, 0.4) is 0 Å². The molecule has 0 radical (unpaired) electrons. The highest BCUT2D eigenvalue weighted by atomic mass is 16.5. The highest BCUT2D eigenvalue weighted by molar-refractivity contribution is 5.81. The Labute approximate surface area is 229 Å². The summed E-state index contributed by atoms with van der Waals surface area (Å²) in [5.74, 6) is -0.896. The van der Waals surface area contributed by atoms with Crippen LogP contribution in [-0.4, -0.2) is 48.1 Å². The zero-order valence-electron chi connectivity index (χ0n) is 23.6. The molecule has 0 unspecified atom stereocenters. The minimum Gasteiger partial charge on any atom is -0.486 e. The molecule has 39 heavy (non-hydrogen) atoms. The lowest BCUT2D eigenvalue weighted by atomic mass is 9.79. The van der Waals surface area contributed by atoms with Crippen molar-refractivity contribution in [2.75, 3.05) is 6.54 Å². The molecule has 8 heteroatoms. The molecular weight excluding hydrogens is 490 g/mol. The highest BCUT2D eigenvalue weighted by Gasteiger charge is 2.31. The summed E-state index contributed by atoms with van der Waals surface area (Å²) in [6.07, 6.45) is 3.65. The number of fused-ring (bicyclic) bond motifs is 2. The molecule has 2 atom stereocenters. The average Bonchev–Trinajstić information content (AvgIpc) is 3.26. The zero-order valence-corrected chi connectivity index (χ0v) is 23.6. The van der Waals surface area contributed by atoms with Crippen LogP contribution in [0.25, 0.3) is 11.0 Å². The molecule has 8 nitrogen and oxygen atoms in total. The Balaban J connectivity index is 1.54. The number of ether oxygens (including phenoxy) is 1. The maximum absolute atomic E-state index is 12.3. The molecule has 5 rings (SSSR count). The van der Waals surface area contributed by atoms with Gasteiger partial charge in [0.15, 0.2) is 0 Å². The predicted octanol–water partition coefficient (Wildman–Crippen LogP) is 5.49. The molecule has 3 heterocycles. The number of carboxylic acids is 1. The van der Waals surface area contributed by atoms with Crippen LogP contribution in [0.1, 0.15) is 67.0 Å². The van der Waals surface area contributed by atoms with Crippen molar-refractivity contribution in [2.24, 2.45) is 5.92 Å². The molecule has 204 valence electrons. The summed E-state index contributed by atoms with van der Waals surface area (Å²) in [6.45, 7) is 15.1. The van der Waals surface area contributed by atoms with Gasteiger partial charge in [-0.2, -0.15) is 0 Å². The van der Waals surface area contributed by atoms with E-state index in [-0.39, 0.29) is 11.5 Å². The fourth-order valence-corrected chi connectivity index (χ4v) is 5.84. The maximum atomic E-state index is 12.3. The van der Waals surface area contributed by atoms with Crippen LogP contribution in [0.4, 0.5) is 0 Å². The smallest absolute Gasteiger partial charge is 0.307 e. The first-order chi connectivity index (χ1) is 18.6. The van der Waals surface area contributed by atoms with E-state index in [1.165, 1.54) is 11.1 Å². The van der Waals surface area contributed by atoms with E-state index >= 15 is 0 Å². The lowest BCUT2D eigenvalue weighted by molar-refractivity contribution is -0.141. The largest absolute Gasteiger partial charge is 0.486 e. The number of aliphatic carboxylic acids is 1. The van der Waals surface area contributed by atoms with Gasteiger partial charge in [0, 0.05) is 50.1 Å². The number of hydrogen-bond donors (Lipinski definition) is 1. The fraction of sp³-hybridized carbons (Fsp3) is 0.419. The van der Waals surface area contributed by atoms with E-state index in [0.29, 0.717) is 0 Å². The topological polar surface area (TPSA) is 93.4 Å². The second-order valence-corrected chi connectivity index (χ2v) is 11.3. The lowest BCUT2D eigenvalue weighted by Gasteiger charge is -2.30. The Hall–Kier alpha value is -3.78. The van der Waals surface area contributed by atoms with Gasteiger partial charge >= 0.3 is 5.97 Å². The van der Waals surface area contributed by atoms with Crippen molar-refractivity contribution in [3.8, 4) is 5.75 Å². The maximum Gasteiger partial charge on any atom is 0.307 e. The van der Waals surface area contributed by atoms with Crippen molar-refractivity contribution in [1.82, 2.24) is 24.9 Å². The number of carboxylic acid groups (broad SMARTS) is 1. The van der Waals surface area contributed by atoms with Gasteiger partial charge in [0.05, 0.1) is 11.4 Å². The van der Waals surface area contributed by atoms with E-state index in [0.717, 1.165) is 65.2 Å². The first kappa shape index (κ1) is 26.8. The minimum absolute atomic E-state index is 0.327. The van der Waals surface area contributed by atoms with Crippen LogP contribution in [0, 0.1) is 19.8 Å². The van der Waals surface area contributed by atoms with Crippen LogP contribution in [0.2, 0.25) is 0 Å². The molecule has 4 aromatic rings. The molecule has 1 N–H and O–H groups in total. The number of benzene rings is 2. The van der Waals surface area contributed by atoms with Gasteiger partial charge in [-0.25, -0.2) is 4.68 Å². The van der Waals surface area contributed by atoms with Gasteiger partial charge in [0.2, 0.25) is 0 Å². The van der Waals surface area contributed by atoms with Crippen molar-refractivity contribution >= 4 is 17.0 Å². The molecule has 0 saturated carbocycles. The third-order valence-corrected chi connectivity index (χ3v) is 7.88. The van der Waals surface area contributed by atoms with Crippen molar-refractivity contribution in [1.29, 1.82) is 0 Å². The normalized spacial score (nSPS) is 16.8. The summed E-state index contributed by atoms with van der Waals surface area (Å²) >= 11 is 0. The van der Waals surface area contributed by atoms with Gasteiger partial charge in [-0.15, -0.1) is 5.10 Å². The van der Waals surface area contributed by atoms with Crippen molar-refractivity contribution in [3.63, 3.8) is 0 Å². The minimum atomic E-state index is -0.825. The van der Waals surface area contributed by atoms with E-state index in [9.17, 15) is 9.90 Å². The quantitative estimate of drug-likeness (QED) is 0.340. The van der Waals surface area contributed by atoms with Gasteiger partial charge in [-0.1, -0.05) is 36.4 Å². The SMILES string of the molecule is CCn1nnc2c(C)c([C@H](c3ccc(C)c(CN4Cc5cnccc5OC(C)(C)C4)c3)[C@@H](C)C(=O)O)ccc21. The van der Waals surface area contributed by atoms with Crippen LogP contribution < -0.4 is 4.74 Å². The van der Waals surface area contributed by atoms with Crippen molar-refractivity contribution < 1.29 is 14.6 Å². The molecule has 2 aromatic heterocycles. The molecule has 0 saturated heterocycles. The van der Waals surface area contributed by atoms with Crippen molar-refractivity contribution in [3.05, 3.63) is 82.2 Å². The van der Waals surface area contributed by atoms with Crippen LogP contribution >= 0.6 is 0 Å². The van der Waals surface area contributed by atoms with Crippen LogP contribution in [-0.2, 0) is 24.4 Å². The van der Waals surface area contributed by atoms with Gasteiger partial charge in [-0.05, 0) is 74.6 Å². The molecule has 2 aromatic carbocycles. The molecule has 1 aliphatic heterocycles. The second-order valence-electron chi connectivity index (χ2n) is 11.3. The Bertz CT molecular complexity index is 1530. The predicted molar refractivity (Wildman–Crippen MR) is 151 cm³/mol. The fourth-order valence-electron chi connectivity index (χ4n) is 5.84. The van der Waals surface area contributed by atoms with E-state index in [4.69, 9.17) is 4.74 Å². The Kier molecular flexibility index (Phi) is 7.16. The average molecular weight is 528 g/mol. The third-order valence-electron chi connectivity index (χ3n) is 7.88. The molecule has 0 bridgehead atoms. The van der Waals surface area contributed by atoms with Gasteiger partial charge in [0.25, 0.3) is 0 Å². The molecular formula is C31H37N5O3. The number of aryl methyl sites for hydroxylation is 3. The number of hydrogen-bond acceptors (Lipinski definition) is 6. The Morgan fingerprint density at radius 1 is 1.18 bits per heavy atom. The highest BCUT2D eigenvalue weighted by Crippen LogP contribution is 2.38. The Morgan fingerprint density at radius 2 is 1.97 bits per heavy atom. The van der Waals surface area contributed by atoms with Gasteiger partial charge in [-0.3, -0.25) is 14.7 Å². The molecule has 0 spiro atoms. The summed E-state index contributed by atoms with van der Waals surface area (Å²) in [4.78, 5) is 19.0. The zero-order chi connectivity index (χ0) is 27.9. The van der Waals surface area contributed by atoms with Crippen LogP contribution in [0.15, 0.2) is 48.8 Å². The molecule has 1 aliphatic rings. The number of nitrogens with zero attached hydrogens (tertiary/aromatic N) is 5. The first-order valence-corrected chi connectivity index (χ1v) is 13.6. The van der Waals surface area contributed by atoms with Crippen molar-refractivity contribution in [2.45, 2.75) is 72.7 Å². The van der Waals surface area contributed by atoms with Crippen LogP contribution in [0.5, 0.6) is 5.75 Å². The number of pyridine rings is 1. The third kappa shape index (κ3) is 5.26. The van der Waals surface area contributed by atoms with Gasteiger partial charge in [0.1, 0.15) is 16.9 Å². The monoisotopic (exact) mass is 527 g/mol. The number of aromatic nitrogens is 4. The summed E-state index contributed by atoms with van der Waals surface area (Å²) in [7, 11) is 0. The van der Waals surface area contributed by atoms with Gasteiger partial charge < -0.3 is 9.84 Å². The molecule has 0 amide bonds. The lowest BCUT2D eigenvalue weighted by Crippen LogP contribution is -2.40. The first-order valence-electron chi connectivity index (χ1n) is 13.6.